The summed E-state index contributed by atoms with van der Waals surface area (Å²) in [6, 6.07) is 13.4. The Morgan fingerprint density at radius 1 is 1.12 bits per heavy atom. The van der Waals surface area contributed by atoms with Gasteiger partial charge in [-0.3, -0.25) is 20.3 Å². The zero-order valence-electron chi connectivity index (χ0n) is 18.9. The molecule has 4 N–H and O–H groups in total. The second-order valence-electron chi connectivity index (χ2n) is 8.68. The number of aromatic nitrogens is 2. The molecule has 178 valence electrons. The Bertz CT molecular complexity index is 1180. The summed E-state index contributed by atoms with van der Waals surface area (Å²) in [7, 11) is 0. The molecule has 1 heterocycles. The van der Waals surface area contributed by atoms with E-state index in [1.165, 1.54) is 0 Å². The van der Waals surface area contributed by atoms with Gasteiger partial charge in [0.2, 0.25) is 11.7 Å². The summed E-state index contributed by atoms with van der Waals surface area (Å²) in [5, 5.41) is 22.8. The normalized spacial score (nSPS) is 11.7. The van der Waals surface area contributed by atoms with Crippen molar-refractivity contribution in [3.05, 3.63) is 70.4 Å². The maximum absolute atomic E-state index is 12.7. The molecular formula is C23H25ClN6O4. The van der Waals surface area contributed by atoms with Gasteiger partial charge in [-0.05, 0) is 51.6 Å². The van der Waals surface area contributed by atoms with Gasteiger partial charge >= 0.3 is 0 Å². The highest BCUT2D eigenvalue weighted by atomic mass is 35.5. The van der Waals surface area contributed by atoms with Crippen LogP contribution in [0.2, 0.25) is 5.02 Å². The number of hydrogen-bond donors (Lipinski definition) is 4. The zero-order valence-corrected chi connectivity index (χ0v) is 19.7. The third-order valence-electron chi connectivity index (χ3n) is 4.50. The van der Waals surface area contributed by atoms with Crippen LogP contribution in [0.15, 0.2) is 58.2 Å². The third-order valence-corrected chi connectivity index (χ3v) is 4.73. The highest BCUT2D eigenvalue weighted by Gasteiger charge is 2.20. The summed E-state index contributed by atoms with van der Waals surface area (Å²) in [6.45, 7) is 6.36. The SMILES string of the molecule is CC(C)(C)CC(=O)NCc1ccc(C(=O)Nc2nonc2C(=Nc2cccc(Cl)c2)NO)cc1. The van der Waals surface area contributed by atoms with Crippen molar-refractivity contribution in [2.45, 2.75) is 33.7 Å². The number of halogens is 1. The second kappa shape index (κ2) is 10.9. The fraction of sp³-hybridized carbons (Fsp3) is 0.261. The van der Waals surface area contributed by atoms with E-state index in [-0.39, 0.29) is 28.7 Å². The van der Waals surface area contributed by atoms with E-state index < -0.39 is 5.91 Å². The lowest BCUT2D eigenvalue weighted by Gasteiger charge is -2.17. The molecule has 10 nitrogen and oxygen atoms in total. The molecule has 0 spiro atoms. The number of nitrogens with one attached hydrogen (secondary N) is 3. The molecule has 0 radical (unpaired) electrons. The number of benzene rings is 2. The molecule has 11 heteroatoms. The number of nitrogens with zero attached hydrogens (tertiary/aromatic N) is 3. The van der Waals surface area contributed by atoms with E-state index in [4.69, 9.17) is 16.2 Å². The van der Waals surface area contributed by atoms with E-state index in [0.717, 1.165) is 5.56 Å². The Morgan fingerprint density at radius 2 is 1.85 bits per heavy atom. The van der Waals surface area contributed by atoms with E-state index in [0.29, 0.717) is 29.2 Å². The van der Waals surface area contributed by atoms with Gasteiger partial charge in [0, 0.05) is 23.6 Å². The van der Waals surface area contributed by atoms with Crippen molar-refractivity contribution < 1.29 is 19.4 Å². The van der Waals surface area contributed by atoms with Crippen molar-refractivity contribution in [3.8, 4) is 0 Å². The molecule has 3 aromatic rings. The summed E-state index contributed by atoms with van der Waals surface area (Å²) in [5.41, 5.74) is 3.47. The van der Waals surface area contributed by atoms with Gasteiger partial charge in [0.05, 0.1) is 5.69 Å². The lowest BCUT2D eigenvalue weighted by atomic mass is 9.92. The van der Waals surface area contributed by atoms with Crippen LogP contribution in [0.1, 0.15) is 48.8 Å². The van der Waals surface area contributed by atoms with Crippen molar-refractivity contribution in [1.82, 2.24) is 21.1 Å². The molecule has 2 aromatic carbocycles. The fourth-order valence-corrected chi connectivity index (χ4v) is 3.11. The topological polar surface area (TPSA) is 142 Å². The molecule has 1 aromatic heterocycles. The molecule has 0 aliphatic rings. The largest absolute Gasteiger partial charge is 0.352 e. The lowest BCUT2D eigenvalue weighted by Crippen LogP contribution is -2.27. The van der Waals surface area contributed by atoms with E-state index in [9.17, 15) is 14.8 Å². The molecule has 34 heavy (non-hydrogen) atoms. The van der Waals surface area contributed by atoms with Gasteiger partial charge in [-0.2, -0.15) is 0 Å². The Hall–Kier alpha value is -3.76. The van der Waals surface area contributed by atoms with Crippen LogP contribution in [-0.2, 0) is 11.3 Å². The number of hydrogen-bond acceptors (Lipinski definition) is 7. The minimum Gasteiger partial charge on any atom is -0.352 e. The van der Waals surface area contributed by atoms with E-state index in [2.05, 4.69) is 25.9 Å². The maximum atomic E-state index is 12.7. The number of aliphatic imine (C=N–C) groups is 1. The minimum absolute atomic E-state index is 0.00555. The predicted octanol–water partition coefficient (Wildman–Crippen LogP) is 4.08. The quantitative estimate of drug-likeness (QED) is 0.225. The lowest BCUT2D eigenvalue weighted by molar-refractivity contribution is -0.122. The first kappa shape index (κ1) is 24.9. The molecule has 0 unspecified atom stereocenters. The molecule has 0 bridgehead atoms. The molecule has 0 fully saturated rings. The molecule has 0 aliphatic heterocycles. The summed E-state index contributed by atoms with van der Waals surface area (Å²) >= 11 is 5.96. The average molecular weight is 485 g/mol. The maximum Gasteiger partial charge on any atom is 0.256 e. The van der Waals surface area contributed by atoms with Crippen LogP contribution < -0.4 is 16.1 Å². The van der Waals surface area contributed by atoms with Gasteiger partial charge < -0.3 is 10.6 Å². The number of amidine groups is 1. The number of anilines is 1. The Morgan fingerprint density at radius 3 is 2.50 bits per heavy atom. The summed E-state index contributed by atoms with van der Waals surface area (Å²) < 4.78 is 4.72. The molecular weight excluding hydrogens is 460 g/mol. The highest BCUT2D eigenvalue weighted by Crippen LogP contribution is 2.21. The van der Waals surface area contributed by atoms with Crippen LogP contribution in [-0.4, -0.2) is 33.2 Å². The summed E-state index contributed by atoms with van der Waals surface area (Å²) in [6.07, 6.45) is 0.423. The molecule has 3 rings (SSSR count). The average Bonchev–Trinajstić information content (AvgIpc) is 3.23. The predicted molar refractivity (Wildman–Crippen MR) is 127 cm³/mol. The molecule has 0 saturated carbocycles. The van der Waals surface area contributed by atoms with Gasteiger partial charge in [-0.15, -0.1) is 0 Å². The standard InChI is InChI=1S/C23H25ClN6O4/c1-23(2,3)12-18(31)25-13-14-7-9-15(10-8-14)22(32)27-21-19(29-34-30-21)20(28-33)26-17-6-4-5-16(24)11-17/h4-11,33H,12-13H2,1-3H3,(H,25,31)(H,26,28)(H,27,30,32). The van der Waals surface area contributed by atoms with Crippen LogP contribution in [0.3, 0.4) is 0 Å². The van der Waals surface area contributed by atoms with Crippen molar-refractivity contribution in [1.29, 1.82) is 0 Å². The number of hydroxylamine groups is 1. The van der Waals surface area contributed by atoms with Crippen LogP contribution >= 0.6 is 11.6 Å². The number of carbonyl (C=O) groups excluding carboxylic acids is 2. The number of amides is 2. The number of rotatable bonds is 7. The van der Waals surface area contributed by atoms with Crippen molar-refractivity contribution in [2.24, 2.45) is 10.4 Å². The van der Waals surface area contributed by atoms with Gasteiger partial charge in [-0.1, -0.05) is 50.6 Å². The van der Waals surface area contributed by atoms with Crippen molar-refractivity contribution in [3.63, 3.8) is 0 Å². The first-order valence-corrected chi connectivity index (χ1v) is 10.8. The van der Waals surface area contributed by atoms with Gasteiger partial charge in [0.15, 0.2) is 11.5 Å². The minimum atomic E-state index is -0.472. The Labute approximate surface area is 201 Å². The molecule has 0 saturated heterocycles. The van der Waals surface area contributed by atoms with Crippen LogP contribution in [0.4, 0.5) is 11.5 Å². The van der Waals surface area contributed by atoms with E-state index in [1.807, 2.05) is 26.3 Å². The van der Waals surface area contributed by atoms with E-state index in [1.54, 1.807) is 48.5 Å². The summed E-state index contributed by atoms with van der Waals surface area (Å²) in [4.78, 5) is 28.9. The van der Waals surface area contributed by atoms with E-state index >= 15 is 0 Å². The second-order valence-corrected chi connectivity index (χ2v) is 9.12. The van der Waals surface area contributed by atoms with Gasteiger partial charge in [0.25, 0.3) is 5.91 Å². The monoisotopic (exact) mass is 484 g/mol. The smallest absolute Gasteiger partial charge is 0.256 e. The Kier molecular flexibility index (Phi) is 7.98. The molecule has 2 amide bonds. The van der Waals surface area contributed by atoms with Crippen LogP contribution in [0, 0.1) is 5.41 Å². The van der Waals surface area contributed by atoms with Crippen molar-refractivity contribution in [2.75, 3.05) is 5.32 Å². The summed E-state index contributed by atoms with van der Waals surface area (Å²) in [5.74, 6) is -0.639. The van der Waals surface area contributed by atoms with Crippen molar-refractivity contribution >= 4 is 40.8 Å². The molecule has 0 aliphatic carbocycles. The third kappa shape index (κ3) is 7.12. The first-order chi connectivity index (χ1) is 16.1. The highest BCUT2D eigenvalue weighted by molar-refractivity contribution is 6.30. The van der Waals surface area contributed by atoms with Crippen LogP contribution in [0.25, 0.3) is 0 Å². The van der Waals surface area contributed by atoms with Gasteiger partial charge in [0.1, 0.15) is 0 Å². The zero-order chi connectivity index (χ0) is 24.7. The first-order valence-electron chi connectivity index (χ1n) is 10.4. The van der Waals surface area contributed by atoms with Crippen LogP contribution in [0.5, 0.6) is 0 Å². The Balaban J connectivity index is 1.66. The number of carbonyl (C=O) groups is 2. The van der Waals surface area contributed by atoms with Gasteiger partial charge in [-0.25, -0.2) is 9.62 Å². The molecule has 0 atom stereocenters. The fourth-order valence-electron chi connectivity index (χ4n) is 2.93.